The zero-order chi connectivity index (χ0) is 31.2. The zero-order valence-electron chi connectivity index (χ0n) is 23.3. The van der Waals surface area contributed by atoms with Crippen molar-refractivity contribution in [2.75, 3.05) is 11.5 Å². The van der Waals surface area contributed by atoms with Crippen LogP contribution in [0.2, 0.25) is 5.02 Å². The highest BCUT2D eigenvalue weighted by Crippen LogP contribution is 2.38. The lowest BCUT2D eigenvalue weighted by molar-refractivity contribution is -0.122. The Balaban J connectivity index is 1.35. The highest BCUT2D eigenvalue weighted by molar-refractivity contribution is 9.10. The first-order valence-electron chi connectivity index (χ1n) is 13.4. The van der Waals surface area contributed by atoms with E-state index in [1.807, 2.05) is 12.1 Å². The maximum atomic E-state index is 13.5. The van der Waals surface area contributed by atoms with Crippen molar-refractivity contribution >= 4 is 57.1 Å². The predicted octanol–water partition coefficient (Wildman–Crippen LogP) is 7.46. The van der Waals surface area contributed by atoms with Gasteiger partial charge in [0, 0.05) is 5.02 Å². The number of nitrogens with zero attached hydrogens (tertiary/aromatic N) is 1. The molecule has 0 spiro atoms. The predicted molar refractivity (Wildman–Crippen MR) is 167 cm³/mol. The smallest absolute Gasteiger partial charge is 0.335 e. The molecule has 1 aliphatic heterocycles. The number of carbonyl (C=O) groups is 3. The molecular weight excluding hydrogens is 655 g/mol. The summed E-state index contributed by atoms with van der Waals surface area (Å²) in [5, 5.41) is 2.85. The number of rotatable bonds is 10. The van der Waals surface area contributed by atoms with Gasteiger partial charge in [-0.05, 0) is 106 Å². The number of halogens is 3. The summed E-state index contributed by atoms with van der Waals surface area (Å²) in [6.45, 7) is 2.58. The van der Waals surface area contributed by atoms with Gasteiger partial charge >= 0.3 is 6.03 Å². The van der Waals surface area contributed by atoms with Crippen LogP contribution in [0.15, 0.2) is 95.0 Å². The first-order chi connectivity index (χ1) is 21.2. The van der Waals surface area contributed by atoms with Gasteiger partial charge in [-0.3, -0.25) is 14.9 Å². The number of amides is 4. The van der Waals surface area contributed by atoms with Crippen LogP contribution < -0.4 is 24.4 Å². The number of imide groups is 2. The van der Waals surface area contributed by atoms with E-state index in [4.69, 9.17) is 25.8 Å². The van der Waals surface area contributed by atoms with Gasteiger partial charge in [-0.15, -0.1) is 0 Å². The molecule has 0 radical (unpaired) electrons. The van der Waals surface area contributed by atoms with Gasteiger partial charge in [-0.2, -0.15) is 0 Å². The van der Waals surface area contributed by atoms with Crippen LogP contribution in [0.5, 0.6) is 17.2 Å². The third kappa shape index (κ3) is 7.27. The van der Waals surface area contributed by atoms with Gasteiger partial charge in [0.1, 0.15) is 30.4 Å². The van der Waals surface area contributed by atoms with Gasteiger partial charge in [-0.25, -0.2) is 14.1 Å². The summed E-state index contributed by atoms with van der Waals surface area (Å²) in [6.07, 6.45) is 1.37. The Morgan fingerprint density at radius 1 is 0.864 bits per heavy atom. The molecular formula is C33H25BrClFN2O6. The van der Waals surface area contributed by atoms with E-state index in [1.165, 1.54) is 18.2 Å². The molecule has 0 bridgehead atoms. The molecule has 0 aromatic heterocycles. The van der Waals surface area contributed by atoms with Gasteiger partial charge in [-0.1, -0.05) is 35.9 Å². The number of anilines is 1. The van der Waals surface area contributed by atoms with Crippen molar-refractivity contribution in [1.82, 2.24) is 5.32 Å². The van der Waals surface area contributed by atoms with E-state index in [9.17, 15) is 18.8 Å². The van der Waals surface area contributed by atoms with Crippen LogP contribution in [-0.2, 0) is 22.8 Å². The van der Waals surface area contributed by atoms with Crippen molar-refractivity contribution in [3.05, 3.63) is 123 Å². The third-order valence-corrected chi connectivity index (χ3v) is 7.30. The first-order valence-corrected chi connectivity index (χ1v) is 14.6. The Morgan fingerprint density at radius 3 is 2.16 bits per heavy atom. The minimum atomic E-state index is -0.868. The summed E-state index contributed by atoms with van der Waals surface area (Å²) in [5.74, 6) is -0.686. The SMILES string of the molecule is CCOc1cc(/C=C2\C(=O)NC(=O)N(c3ccc(OCc4ccc(Cl)cc4)cc3)C2=O)cc(Br)c1OCc1ccc(F)cc1. The molecule has 1 saturated heterocycles. The fourth-order valence-electron chi connectivity index (χ4n) is 4.31. The fourth-order valence-corrected chi connectivity index (χ4v) is 5.01. The molecule has 1 fully saturated rings. The molecule has 4 amide bonds. The maximum absolute atomic E-state index is 13.5. The summed E-state index contributed by atoms with van der Waals surface area (Å²) >= 11 is 9.41. The van der Waals surface area contributed by atoms with Crippen LogP contribution in [0, 0.1) is 5.82 Å². The normalized spacial score (nSPS) is 14.0. The molecule has 0 saturated carbocycles. The van der Waals surface area contributed by atoms with E-state index in [-0.39, 0.29) is 23.7 Å². The van der Waals surface area contributed by atoms with Crippen molar-refractivity contribution in [1.29, 1.82) is 0 Å². The summed E-state index contributed by atoms with van der Waals surface area (Å²) in [4.78, 5) is 39.8. The number of nitrogens with one attached hydrogen (secondary N) is 1. The summed E-state index contributed by atoms with van der Waals surface area (Å²) in [7, 11) is 0. The van der Waals surface area contributed by atoms with Crippen molar-refractivity contribution in [2.45, 2.75) is 20.1 Å². The van der Waals surface area contributed by atoms with Gasteiger partial charge in [0.05, 0.1) is 16.8 Å². The van der Waals surface area contributed by atoms with Crippen LogP contribution in [0.25, 0.3) is 6.08 Å². The largest absolute Gasteiger partial charge is 0.490 e. The number of carbonyl (C=O) groups excluding carboxylic acids is 3. The summed E-state index contributed by atoms with van der Waals surface area (Å²) in [5.41, 5.74) is 2.13. The van der Waals surface area contributed by atoms with Crippen molar-refractivity contribution in [3.8, 4) is 17.2 Å². The Bertz CT molecular complexity index is 1730. The highest BCUT2D eigenvalue weighted by Gasteiger charge is 2.37. The van der Waals surface area contributed by atoms with E-state index in [0.717, 1.165) is 16.0 Å². The molecule has 0 atom stereocenters. The second-order valence-corrected chi connectivity index (χ2v) is 10.8. The monoisotopic (exact) mass is 678 g/mol. The number of urea groups is 1. The highest BCUT2D eigenvalue weighted by atomic mass is 79.9. The quantitative estimate of drug-likeness (QED) is 0.138. The van der Waals surface area contributed by atoms with E-state index in [2.05, 4.69) is 21.2 Å². The molecule has 1 aliphatic rings. The van der Waals surface area contributed by atoms with Crippen molar-refractivity contribution < 1.29 is 33.0 Å². The number of benzene rings is 4. The molecule has 8 nitrogen and oxygen atoms in total. The van der Waals surface area contributed by atoms with Crippen molar-refractivity contribution in [3.63, 3.8) is 0 Å². The zero-order valence-corrected chi connectivity index (χ0v) is 25.7. The van der Waals surface area contributed by atoms with Crippen LogP contribution in [0.1, 0.15) is 23.6 Å². The number of barbiturate groups is 1. The average Bonchev–Trinajstić information content (AvgIpc) is 3.00. The maximum Gasteiger partial charge on any atom is 0.335 e. The van der Waals surface area contributed by atoms with Gasteiger partial charge in [0.25, 0.3) is 11.8 Å². The molecule has 4 aromatic rings. The molecule has 224 valence electrons. The Labute approximate surface area is 266 Å². The van der Waals surface area contributed by atoms with E-state index in [0.29, 0.717) is 45.5 Å². The molecule has 1 heterocycles. The second kappa shape index (κ2) is 13.7. The molecule has 0 unspecified atom stereocenters. The van der Waals surface area contributed by atoms with E-state index < -0.39 is 17.8 Å². The molecule has 11 heteroatoms. The lowest BCUT2D eigenvalue weighted by Crippen LogP contribution is -2.54. The Hall–Kier alpha value is -4.67. The van der Waals surface area contributed by atoms with Gasteiger partial charge in [0.2, 0.25) is 0 Å². The lowest BCUT2D eigenvalue weighted by atomic mass is 10.1. The van der Waals surface area contributed by atoms with Crippen LogP contribution in [0.4, 0.5) is 14.9 Å². The summed E-state index contributed by atoms with van der Waals surface area (Å²) < 4.78 is 31.3. The number of hydrogen-bond donors (Lipinski definition) is 1. The minimum absolute atomic E-state index is 0.155. The Morgan fingerprint density at radius 2 is 1.50 bits per heavy atom. The average molecular weight is 680 g/mol. The van der Waals surface area contributed by atoms with Crippen LogP contribution in [-0.4, -0.2) is 24.5 Å². The topological polar surface area (TPSA) is 94.2 Å². The molecule has 0 aliphatic carbocycles. The standard InChI is InChI=1S/C33H25BrClFN2O6/c1-2-42-29-17-22(16-28(34)30(29)44-19-21-5-9-24(36)10-6-21)15-27-31(39)37-33(41)38(32(27)40)25-11-13-26(14-12-25)43-18-20-3-7-23(35)8-4-20/h3-17H,2,18-19H2,1H3,(H,37,39,41)/b27-15+. The molecule has 5 rings (SSSR count). The fraction of sp³-hybridized carbons (Fsp3) is 0.121. The molecule has 4 aromatic carbocycles. The minimum Gasteiger partial charge on any atom is -0.490 e. The van der Waals surface area contributed by atoms with Gasteiger partial charge in [0.15, 0.2) is 11.5 Å². The molecule has 1 N–H and O–H groups in total. The lowest BCUT2D eigenvalue weighted by Gasteiger charge is -2.26. The Kier molecular flexibility index (Phi) is 9.62. The summed E-state index contributed by atoms with van der Waals surface area (Å²) in [6, 6.07) is 21.9. The second-order valence-electron chi connectivity index (χ2n) is 9.55. The van der Waals surface area contributed by atoms with Crippen LogP contribution >= 0.6 is 27.5 Å². The molecule has 44 heavy (non-hydrogen) atoms. The van der Waals surface area contributed by atoms with Crippen molar-refractivity contribution in [2.24, 2.45) is 0 Å². The number of hydrogen-bond acceptors (Lipinski definition) is 6. The number of ether oxygens (including phenoxy) is 3. The van der Waals surface area contributed by atoms with E-state index in [1.54, 1.807) is 67.6 Å². The van der Waals surface area contributed by atoms with Crippen LogP contribution in [0.3, 0.4) is 0 Å². The third-order valence-electron chi connectivity index (χ3n) is 6.45. The first kappa shape index (κ1) is 30.8. The van der Waals surface area contributed by atoms with Gasteiger partial charge < -0.3 is 14.2 Å². The van der Waals surface area contributed by atoms with E-state index >= 15 is 0 Å².